The van der Waals surface area contributed by atoms with E-state index < -0.39 is 11.3 Å². The van der Waals surface area contributed by atoms with Crippen molar-refractivity contribution in [2.75, 3.05) is 33.6 Å². The molecule has 2 aromatic rings. The van der Waals surface area contributed by atoms with Gasteiger partial charge in [0.1, 0.15) is 30.8 Å². The molecule has 0 radical (unpaired) electrons. The highest BCUT2D eigenvalue weighted by atomic mass is 19.1. The lowest BCUT2D eigenvalue weighted by atomic mass is 9.82. The van der Waals surface area contributed by atoms with Crippen molar-refractivity contribution in [3.63, 3.8) is 0 Å². The van der Waals surface area contributed by atoms with Crippen molar-refractivity contribution in [2.45, 2.75) is 37.6 Å². The molecule has 4 rings (SSSR count). The first-order chi connectivity index (χ1) is 14.8. The predicted molar refractivity (Wildman–Crippen MR) is 113 cm³/mol. The Morgan fingerprint density at radius 3 is 2.71 bits per heavy atom. The maximum Gasteiger partial charge on any atom is 0.254 e. The van der Waals surface area contributed by atoms with Gasteiger partial charge in [-0.05, 0) is 37.6 Å². The molecule has 1 unspecified atom stereocenters. The third kappa shape index (κ3) is 4.38. The number of alkyl halides is 1. The number of likely N-dealkylation sites (tertiary alicyclic amines) is 1. The molecular formula is C24H28FNO5. The van der Waals surface area contributed by atoms with Gasteiger partial charge in [0.05, 0.1) is 13.7 Å². The summed E-state index contributed by atoms with van der Waals surface area (Å²) in [6, 6.07) is 15.0. The van der Waals surface area contributed by atoms with Crippen molar-refractivity contribution >= 4 is 5.91 Å². The molecule has 2 aliphatic rings. The van der Waals surface area contributed by atoms with Gasteiger partial charge in [-0.2, -0.15) is 0 Å². The molecule has 0 N–H and O–H groups in total. The monoisotopic (exact) mass is 429 g/mol. The molecular weight excluding hydrogens is 401 g/mol. The van der Waals surface area contributed by atoms with Gasteiger partial charge in [-0.3, -0.25) is 4.79 Å². The van der Waals surface area contributed by atoms with Gasteiger partial charge in [0.2, 0.25) is 0 Å². The van der Waals surface area contributed by atoms with E-state index in [-0.39, 0.29) is 25.4 Å². The lowest BCUT2D eigenvalue weighted by Gasteiger charge is -2.42. The first-order valence-electron chi connectivity index (χ1n) is 10.4. The Bertz CT molecular complexity index is 929. The van der Waals surface area contributed by atoms with Crippen LogP contribution in [0.25, 0.3) is 0 Å². The van der Waals surface area contributed by atoms with E-state index in [1.165, 1.54) is 21.0 Å². The van der Waals surface area contributed by atoms with Gasteiger partial charge in [0.25, 0.3) is 5.91 Å². The number of hydrogen-bond acceptors (Lipinski definition) is 5. The lowest BCUT2D eigenvalue weighted by molar-refractivity contribution is -0.0439. The third-order valence-electron chi connectivity index (χ3n) is 5.78. The molecule has 7 heteroatoms. The summed E-state index contributed by atoms with van der Waals surface area (Å²) in [5, 5.41) is 0. The van der Waals surface area contributed by atoms with Crippen LogP contribution in [0.5, 0.6) is 11.5 Å². The van der Waals surface area contributed by atoms with Gasteiger partial charge >= 0.3 is 0 Å². The SMILES string of the molecule is COc1cc(C(=O)N2CC[C@@]3(c4ccccc4)OCOC3C2)ccc1OCC(C)(C)F. The average molecular weight is 429 g/mol. The highest BCUT2D eigenvalue weighted by molar-refractivity contribution is 5.95. The van der Waals surface area contributed by atoms with E-state index in [0.29, 0.717) is 36.6 Å². The van der Waals surface area contributed by atoms with Crippen molar-refractivity contribution in [1.82, 2.24) is 4.90 Å². The van der Waals surface area contributed by atoms with Crippen LogP contribution in [0, 0.1) is 0 Å². The molecule has 0 saturated carbocycles. The fourth-order valence-electron chi connectivity index (χ4n) is 4.14. The number of methoxy groups -OCH3 is 1. The van der Waals surface area contributed by atoms with E-state index in [9.17, 15) is 9.18 Å². The molecule has 2 saturated heterocycles. The number of halogens is 1. The zero-order chi connectivity index (χ0) is 22.1. The Morgan fingerprint density at radius 1 is 1.23 bits per heavy atom. The van der Waals surface area contributed by atoms with Crippen LogP contribution in [0.3, 0.4) is 0 Å². The third-order valence-corrected chi connectivity index (χ3v) is 5.78. The second-order valence-corrected chi connectivity index (χ2v) is 8.55. The maximum absolute atomic E-state index is 13.8. The number of rotatable bonds is 6. The molecule has 31 heavy (non-hydrogen) atoms. The summed E-state index contributed by atoms with van der Waals surface area (Å²) in [6.07, 6.45) is 0.418. The Balaban J connectivity index is 1.49. The molecule has 2 aliphatic heterocycles. The Kier molecular flexibility index (Phi) is 5.90. The van der Waals surface area contributed by atoms with Gasteiger partial charge in [-0.15, -0.1) is 0 Å². The van der Waals surface area contributed by atoms with Gasteiger partial charge in [-0.1, -0.05) is 30.3 Å². The van der Waals surface area contributed by atoms with E-state index in [1.54, 1.807) is 23.1 Å². The molecule has 166 valence electrons. The van der Waals surface area contributed by atoms with Crippen LogP contribution in [0.2, 0.25) is 0 Å². The van der Waals surface area contributed by atoms with Crippen LogP contribution < -0.4 is 9.47 Å². The van der Waals surface area contributed by atoms with Gasteiger partial charge in [0.15, 0.2) is 11.5 Å². The minimum atomic E-state index is -1.47. The van der Waals surface area contributed by atoms with E-state index in [2.05, 4.69) is 0 Å². The van der Waals surface area contributed by atoms with E-state index >= 15 is 0 Å². The Labute approximate surface area is 181 Å². The van der Waals surface area contributed by atoms with Crippen molar-refractivity contribution in [1.29, 1.82) is 0 Å². The number of fused-ring (bicyclic) bond motifs is 1. The standard InChI is InChI=1S/C24H28FNO5/c1-23(2,25)15-29-19-10-9-17(13-20(19)28-3)22(27)26-12-11-24(18-7-5-4-6-8-18)21(14-26)30-16-31-24/h4-10,13,21H,11-12,14-16H2,1-3H3/t21?,24-/m0/s1. The molecule has 2 fully saturated rings. The summed E-state index contributed by atoms with van der Waals surface area (Å²) in [7, 11) is 1.50. The predicted octanol–water partition coefficient (Wildman–Crippen LogP) is 3.94. The summed E-state index contributed by atoms with van der Waals surface area (Å²) in [5.74, 6) is 0.679. The second kappa shape index (κ2) is 8.48. The van der Waals surface area contributed by atoms with Gasteiger partial charge in [-0.25, -0.2) is 4.39 Å². The first-order valence-corrected chi connectivity index (χ1v) is 10.4. The largest absolute Gasteiger partial charge is 0.493 e. The fourth-order valence-corrected chi connectivity index (χ4v) is 4.14. The zero-order valence-electron chi connectivity index (χ0n) is 18.1. The maximum atomic E-state index is 13.8. The van der Waals surface area contributed by atoms with Crippen LogP contribution in [-0.2, 0) is 15.1 Å². The van der Waals surface area contributed by atoms with Crippen molar-refractivity contribution in [3.8, 4) is 11.5 Å². The van der Waals surface area contributed by atoms with Gasteiger partial charge in [0, 0.05) is 18.5 Å². The van der Waals surface area contributed by atoms with Crippen LogP contribution in [-0.4, -0.2) is 56.2 Å². The topological polar surface area (TPSA) is 57.2 Å². The minimum absolute atomic E-state index is 0.108. The summed E-state index contributed by atoms with van der Waals surface area (Å²) < 4.78 is 36.6. The van der Waals surface area contributed by atoms with E-state index in [0.717, 1.165) is 5.56 Å². The highest BCUT2D eigenvalue weighted by Crippen LogP contribution is 2.42. The number of benzene rings is 2. The number of carbonyl (C=O) groups is 1. The number of carbonyl (C=O) groups excluding carboxylic acids is 1. The number of ether oxygens (including phenoxy) is 4. The number of piperidine rings is 1. The van der Waals surface area contributed by atoms with Crippen molar-refractivity contribution in [3.05, 3.63) is 59.7 Å². The van der Waals surface area contributed by atoms with Crippen LogP contribution >= 0.6 is 0 Å². The summed E-state index contributed by atoms with van der Waals surface area (Å²) >= 11 is 0. The van der Waals surface area contributed by atoms with Crippen LogP contribution in [0.15, 0.2) is 48.5 Å². The normalized spacial score (nSPS) is 23.4. The molecule has 2 heterocycles. The molecule has 0 bridgehead atoms. The molecule has 2 aromatic carbocycles. The summed E-state index contributed by atoms with van der Waals surface area (Å²) in [5.41, 5.74) is -0.437. The highest BCUT2D eigenvalue weighted by Gasteiger charge is 2.51. The van der Waals surface area contributed by atoms with Crippen LogP contribution in [0.1, 0.15) is 36.2 Å². The summed E-state index contributed by atoms with van der Waals surface area (Å²) in [6.45, 7) is 3.97. The van der Waals surface area contributed by atoms with Gasteiger partial charge < -0.3 is 23.8 Å². The summed E-state index contributed by atoms with van der Waals surface area (Å²) in [4.78, 5) is 15.0. The number of nitrogens with zero attached hydrogens (tertiary/aromatic N) is 1. The number of amides is 1. The first kappa shape index (κ1) is 21.6. The van der Waals surface area contributed by atoms with Crippen molar-refractivity contribution in [2.24, 2.45) is 0 Å². The molecule has 6 nitrogen and oxygen atoms in total. The second-order valence-electron chi connectivity index (χ2n) is 8.55. The lowest BCUT2D eigenvalue weighted by Crippen LogP contribution is -2.53. The zero-order valence-corrected chi connectivity index (χ0v) is 18.1. The van der Waals surface area contributed by atoms with E-state index in [4.69, 9.17) is 18.9 Å². The molecule has 0 aliphatic carbocycles. The fraction of sp³-hybridized carbons (Fsp3) is 0.458. The van der Waals surface area contributed by atoms with E-state index in [1.807, 2.05) is 30.3 Å². The average Bonchev–Trinajstić information content (AvgIpc) is 3.21. The Morgan fingerprint density at radius 2 is 2.00 bits per heavy atom. The van der Waals surface area contributed by atoms with Crippen LogP contribution in [0.4, 0.5) is 4.39 Å². The number of hydrogen-bond donors (Lipinski definition) is 0. The molecule has 0 spiro atoms. The minimum Gasteiger partial charge on any atom is -0.493 e. The quantitative estimate of drug-likeness (QED) is 0.696. The molecule has 2 atom stereocenters. The smallest absolute Gasteiger partial charge is 0.254 e. The molecule has 1 amide bonds. The Hall–Kier alpha value is -2.64. The van der Waals surface area contributed by atoms with Crippen molar-refractivity contribution < 1.29 is 28.1 Å². The molecule has 0 aromatic heterocycles.